The third-order valence-electron chi connectivity index (χ3n) is 12.0. The predicted octanol–water partition coefficient (Wildman–Crippen LogP) is 15.3. The summed E-state index contributed by atoms with van der Waals surface area (Å²) >= 11 is 3.74. The second-order valence-electron chi connectivity index (χ2n) is 15.5. The lowest BCUT2D eigenvalue weighted by molar-refractivity contribution is 0.751. The minimum Gasteiger partial charge on any atom is -0.208 e. The summed E-state index contributed by atoms with van der Waals surface area (Å²) in [7, 11) is 0. The van der Waals surface area contributed by atoms with Gasteiger partial charge in [-0.15, -0.1) is 22.7 Å². The Labute approximate surface area is 350 Å². The highest BCUT2D eigenvalue weighted by Crippen LogP contribution is 2.50. The standard InChI is InChI=1S/C54H35N3S2/c1-32-29-44-38(35-25-27-40-39-17-8-9-23-46(39)59-49(40)31-35)19-11-21-43(44)50-37(32)18-10-20-41(50)42-22-12-24-48-51(42)45-30-36(26-28-47(45)58-48)54-56-52(33-13-4-2-5-14-33)55-53(57-54)34-15-6-3-7-16-34/h2-28,30-32H,29H2,1H3/t32-/m1/s1. The minimum atomic E-state index is 0.373. The number of hydrogen-bond acceptors (Lipinski definition) is 5. The first-order valence-corrected chi connectivity index (χ1v) is 21.8. The molecule has 0 unspecified atom stereocenters. The fourth-order valence-corrected chi connectivity index (χ4v) is 11.5. The van der Waals surface area contributed by atoms with Crippen molar-refractivity contribution >= 4 is 63.0 Å². The number of hydrogen-bond donors (Lipinski definition) is 0. The van der Waals surface area contributed by atoms with Crippen molar-refractivity contribution < 1.29 is 0 Å². The second-order valence-corrected chi connectivity index (χ2v) is 17.7. The van der Waals surface area contributed by atoms with Crippen LogP contribution >= 0.6 is 22.7 Å². The van der Waals surface area contributed by atoms with Crippen molar-refractivity contribution in [3.8, 4) is 67.5 Å². The third kappa shape index (κ3) is 5.65. The minimum absolute atomic E-state index is 0.373. The predicted molar refractivity (Wildman–Crippen MR) is 250 cm³/mol. The molecule has 0 N–H and O–H groups in total. The lowest BCUT2D eigenvalue weighted by Crippen LogP contribution is -2.11. The third-order valence-corrected chi connectivity index (χ3v) is 14.3. The summed E-state index contributed by atoms with van der Waals surface area (Å²) in [5.74, 6) is 2.37. The van der Waals surface area contributed by atoms with Gasteiger partial charge in [0.1, 0.15) is 0 Å². The highest BCUT2D eigenvalue weighted by atomic mass is 32.1. The number of aromatic nitrogens is 3. The molecule has 1 atom stereocenters. The van der Waals surface area contributed by atoms with E-state index in [4.69, 9.17) is 15.0 Å². The molecule has 3 aromatic heterocycles. The average Bonchev–Trinajstić information content (AvgIpc) is 3.87. The zero-order chi connectivity index (χ0) is 39.0. The van der Waals surface area contributed by atoms with E-state index in [-0.39, 0.29) is 0 Å². The van der Waals surface area contributed by atoms with Crippen molar-refractivity contribution in [2.75, 3.05) is 0 Å². The summed E-state index contributed by atoms with van der Waals surface area (Å²) in [6, 6.07) is 63.6. The van der Waals surface area contributed by atoms with Gasteiger partial charge in [-0.25, -0.2) is 15.0 Å². The summed E-state index contributed by atoms with van der Waals surface area (Å²) in [6.45, 7) is 2.40. The van der Waals surface area contributed by atoms with Crippen LogP contribution in [0.15, 0.2) is 176 Å². The molecule has 5 heteroatoms. The second kappa shape index (κ2) is 13.7. The maximum atomic E-state index is 5.08. The molecule has 0 fully saturated rings. The molecule has 1 aliphatic rings. The molecule has 59 heavy (non-hydrogen) atoms. The van der Waals surface area contributed by atoms with Gasteiger partial charge in [-0.05, 0) is 93.2 Å². The van der Waals surface area contributed by atoms with Gasteiger partial charge in [0.25, 0.3) is 0 Å². The van der Waals surface area contributed by atoms with Gasteiger partial charge in [0.15, 0.2) is 17.5 Å². The van der Waals surface area contributed by atoms with Crippen LogP contribution in [-0.4, -0.2) is 15.0 Å². The van der Waals surface area contributed by atoms with E-state index in [0.29, 0.717) is 23.4 Å². The van der Waals surface area contributed by atoms with Gasteiger partial charge in [0.05, 0.1) is 0 Å². The fourth-order valence-electron chi connectivity index (χ4n) is 9.25. The Morgan fingerprint density at radius 1 is 0.407 bits per heavy atom. The van der Waals surface area contributed by atoms with Gasteiger partial charge >= 0.3 is 0 Å². The maximum absolute atomic E-state index is 5.08. The SMILES string of the molecule is C[C@@H]1Cc2c(-c3ccc4c(c3)sc3ccccc34)cccc2-c2c(-c3cccc4sc5ccc(-c6nc(-c7ccccc7)nc(-c7ccccc7)n6)cc5c34)cccc21. The lowest BCUT2D eigenvalue weighted by Gasteiger charge is -2.29. The van der Waals surface area contributed by atoms with E-state index in [0.717, 1.165) is 23.1 Å². The van der Waals surface area contributed by atoms with E-state index in [2.05, 4.69) is 146 Å². The van der Waals surface area contributed by atoms with Gasteiger partial charge in [0, 0.05) is 57.0 Å². The number of thiophene rings is 2. The normalized spacial score (nSPS) is 13.6. The molecular formula is C54H35N3S2. The Morgan fingerprint density at radius 3 is 1.78 bits per heavy atom. The van der Waals surface area contributed by atoms with Crippen molar-refractivity contribution in [2.45, 2.75) is 19.3 Å². The number of rotatable bonds is 5. The number of fused-ring (bicyclic) bond motifs is 9. The van der Waals surface area contributed by atoms with Crippen LogP contribution in [0.3, 0.4) is 0 Å². The van der Waals surface area contributed by atoms with Crippen LogP contribution in [0.1, 0.15) is 24.0 Å². The van der Waals surface area contributed by atoms with Crippen LogP contribution in [0.25, 0.3) is 108 Å². The quantitative estimate of drug-likeness (QED) is 0.174. The van der Waals surface area contributed by atoms with Gasteiger partial charge in [-0.2, -0.15) is 0 Å². The van der Waals surface area contributed by atoms with Crippen LogP contribution in [-0.2, 0) is 6.42 Å². The summed E-state index contributed by atoms with van der Waals surface area (Å²) in [4.78, 5) is 15.1. The topological polar surface area (TPSA) is 38.7 Å². The van der Waals surface area contributed by atoms with Crippen molar-refractivity contribution in [1.29, 1.82) is 0 Å². The summed E-state index contributed by atoms with van der Waals surface area (Å²) in [5.41, 5.74) is 13.6. The molecular weight excluding hydrogens is 755 g/mol. The van der Waals surface area contributed by atoms with Crippen LogP contribution < -0.4 is 0 Å². The molecule has 12 rings (SSSR count). The van der Waals surface area contributed by atoms with Gasteiger partial charge in [-0.1, -0.05) is 146 Å². The van der Waals surface area contributed by atoms with E-state index in [1.54, 1.807) is 0 Å². The Bertz CT molecular complexity index is 3380. The van der Waals surface area contributed by atoms with Crippen molar-refractivity contribution in [2.24, 2.45) is 0 Å². The molecule has 0 saturated carbocycles. The van der Waals surface area contributed by atoms with E-state index in [1.165, 1.54) is 84.9 Å². The first kappa shape index (κ1) is 34.3. The van der Waals surface area contributed by atoms with E-state index >= 15 is 0 Å². The molecule has 0 radical (unpaired) electrons. The fraction of sp³-hybridized carbons (Fsp3) is 0.0556. The summed E-state index contributed by atoms with van der Waals surface area (Å²) in [6.07, 6.45) is 1.00. The van der Waals surface area contributed by atoms with E-state index in [9.17, 15) is 0 Å². The Morgan fingerprint density at radius 2 is 0.983 bits per heavy atom. The molecule has 0 aliphatic heterocycles. The lowest BCUT2D eigenvalue weighted by atomic mass is 9.74. The molecule has 0 spiro atoms. The van der Waals surface area contributed by atoms with Gasteiger partial charge < -0.3 is 0 Å². The summed E-state index contributed by atoms with van der Waals surface area (Å²) in [5, 5.41) is 5.16. The van der Waals surface area contributed by atoms with E-state index < -0.39 is 0 Å². The van der Waals surface area contributed by atoms with Crippen LogP contribution in [0.5, 0.6) is 0 Å². The van der Waals surface area contributed by atoms with Crippen LogP contribution in [0.4, 0.5) is 0 Å². The monoisotopic (exact) mass is 789 g/mol. The van der Waals surface area contributed by atoms with Crippen molar-refractivity contribution in [1.82, 2.24) is 15.0 Å². The zero-order valence-electron chi connectivity index (χ0n) is 32.2. The smallest absolute Gasteiger partial charge is 0.164 e. The van der Waals surface area contributed by atoms with Gasteiger partial charge in [-0.3, -0.25) is 0 Å². The number of nitrogens with zero attached hydrogens (tertiary/aromatic N) is 3. The molecule has 3 nitrogen and oxygen atoms in total. The van der Waals surface area contributed by atoms with Crippen LogP contribution in [0, 0.1) is 0 Å². The first-order valence-electron chi connectivity index (χ1n) is 20.1. The highest BCUT2D eigenvalue weighted by Gasteiger charge is 2.28. The first-order chi connectivity index (χ1) is 29.1. The van der Waals surface area contributed by atoms with E-state index in [1.807, 2.05) is 59.1 Å². The zero-order valence-corrected chi connectivity index (χ0v) is 33.8. The average molecular weight is 790 g/mol. The summed E-state index contributed by atoms with van der Waals surface area (Å²) < 4.78 is 5.19. The Kier molecular flexibility index (Phi) is 7.94. The molecule has 3 heterocycles. The molecule has 278 valence electrons. The Balaban J connectivity index is 1.03. The largest absolute Gasteiger partial charge is 0.208 e. The molecule has 0 saturated heterocycles. The highest BCUT2D eigenvalue weighted by molar-refractivity contribution is 7.26. The molecule has 8 aromatic carbocycles. The Hall–Kier alpha value is -6.79. The maximum Gasteiger partial charge on any atom is 0.164 e. The van der Waals surface area contributed by atoms with Gasteiger partial charge in [0.2, 0.25) is 0 Å². The van der Waals surface area contributed by atoms with Crippen molar-refractivity contribution in [3.63, 3.8) is 0 Å². The molecule has 11 aromatic rings. The molecule has 1 aliphatic carbocycles. The molecule has 0 amide bonds. The number of benzene rings is 8. The molecule has 0 bridgehead atoms. The van der Waals surface area contributed by atoms with Crippen molar-refractivity contribution in [3.05, 3.63) is 187 Å². The van der Waals surface area contributed by atoms with Crippen LogP contribution in [0.2, 0.25) is 0 Å².